The Bertz CT molecular complexity index is 2270. The molecule has 1 aliphatic rings. The zero-order valence-corrected chi connectivity index (χ0v) is 22.6. The molecule has 0 unspecified atom stereocenters. The first kappa shape index (κ1) is 22.6. The Balaban J connectivity index is 1.35. The Kier molecular flexibility index (Phi) is 4.77. The highest BCUT2D eigenvalue weighted by atomic mass is 14.3. The van der Waals surface area contributed by atoms with E-state index < -0.39 is 0 Å². The summed E-state index contributed by atoms with van der Waals surface area (Å²) < 4.78 is 0. The Hall–Kier alpha value is -5.20. The van der Waals surface area contributed by atoms with Crippen LogP contribution in [0.2, 0.25) is 0 Å². The van der Waals surface area contributed by atoms with Crippen LogP contribution in [-0.2, 0) is 6.42 Å². The van der Waals surface area contributed by atoms with Gasteiger partial charge in [0.1, 0.15) is 0 Å². The zero-order chi connectivity index (χ0) is 26.9. The van der Waals surface area contributed by atoms with E-state index in [0.29, 0.717) is 0 Å². The summed E-state index contributed by atoms with van der Waals surface area (Å²) >= 11 is 0. The summed E-state index contributed by atoms with van der Waals surface area (Å²) in [6, 6.07) is 54.0. The molecule has 0 aromatic heterocycles. The zero-order valence-electron chi connectivity index (χ0n) is 22.6. The summed E-state index contributed by atoms with van der Waals surface area (Å²) in [5, 5.41) is 10.4. The third-order valence-corrected chi connectivity index (χ3v) is 9.03. The van der Waals surface area contributed by atoms with E-state index in [1.54, 1.807) is 0 Å². The van der Waals surface area contributed by atoms with Gasteiger partial charge in [-0.1, -0.05) is 133 Å². The van der Waals surface area contributed by atoms with Crippen LogP contribution in [0.15, 0.2) is 146 Å². The highest BCUT2D eigenvalue weighted by Gasteiger charge is 2.22. The van der Waals surface area contributed by atoms with Crippen LogP contribution in [-0.4, -0.2) is 0 Å². The van der Waals surface area contributed by atoms with Crippen LogP contribution in [0.3, 0.4) is 0 Å². The largest absolute Gasteiger partial charge is 0.0616 e. The minimum absolute atomic E-state index is 0.997. The molecule has 0 aliphatic heterocycles. The van der Waals surface area contributed by atoms with Crippen LogP contribution in [0.1, 0.15) is 11.1 Å². The molecule has 0 N–H and O–H groups in total. The Labute approximate surface area is 239 Å². The van der Waals surface area contributed by atoms with E-state index in [0.717, 1.165) is 6.42 Å². The minimum Gasteiger partial charge on any atom is -0.0616 e. The maximum atomic E-state index is 2.45. The van der Waals surface area contributed by atoms with Crippen molar-refractivity contribution in [2.24, 2.45) is 0 Å². The summed E-state index contributed by atoms with van der Waals surface area (Å²) in [6.45, 7) is 0. The highest BCUT2D eigenvalue weighted by Crippen LogP contribution is 2.47. The van der Waals surface area contributed by atoms with Gasteiger partial charge in [-0.05, 0) is 106 Å². The molecule has 0 fully saturated rings. The summed E-state index contributed by atoms with van der Waals surface area (Å²) in [4.78, 5) is 0. The van der Waals surface area contributed by atoms with Crippen LogP contribution < -0.4 is 0 Å². The molecular weight excluding hydrogens is 492 g/mol. The van der Waals surface area contributed by atoms with Crippen molar-refractivity contribution in [1.82, 2.24) is 0 Å². The quantitative estimate of drug-likeness (QED) is 0.200. The van der Waals surface area contributed by atoms with Crippen molar-refractivity contribution >= 4 is 43.1 Å². The van der Waals surface area contributed by atoms with E-state index in [9.17, 15) is 0 Å². The maximum Gasteiger partial charge on any atom is -0.00132 e. The normalized spacial score (nSPS) is 12.3. The third-order valence-electron chi connectivity index (χ3n) is 9.03. The van der Waals surface area contributed by atoms with Gasteiger partial charge in [0.2, 0.25) is 0 Å². The van der Waals surface area contributed by atoms with E-state index in [2.05, 4.69) is 146 Å². The van der Waals surface area contributed by atoms with E-state index >= 15 is 0 Å². The van der Waals surface area contributed by atoms with Crippen LogP contribution in [0.4, 0.5) is 0 Å². The number of rotatable bonds is 2. The highest BCUT2D eigenvalue weighted by molar-refractivity contribution is 6.23. The molecular formula is C41H26. The lowest BCUT2D eigenvalue weighted by atomic mass is 9.84. The smallest absolute Gasteiger partial charge is 0.00132 e. The second-order valence-electron chi connectivity index (χ2n) is 11.3. The second kappa shape index (κ2) is 8.65. The van der Waals surface area contributed by atoms with Crippen molar-refractivity contribution in [1.29, 1.82) is 0 Å². The topological polar surface area (TPSA) is 0 Å². The van der Waals surface area contributed by atoms with Gasteiger partial charge < -0.3 is 0 Å². The molecule has 41 heavy (non-hydrogen) atoms. The fourth-order valence-electron chi connectivity index (χ4n) is 7.20. The SMILES string of the molecule is c1ccc2cc3c(cc2c1)Cc1ccc(-c2c4ccccc4c(-c4cccc5ccccc45)c4ccccc24)cc1-3. The van der Waals surface area contributed by atoms with E-state index in [4.69, 9.17) is 0 Å². The van der Waals surface area contributed by atoms with Gasteiger partial charge in [-0.3, -0.25) is 0 Å². The summed E-state index contributed by atoms with van der Waals surface area (Å²) in [5.41, 5.74) is 10.8. The number of fused-ring (bicyclic) bond motifs is 7. The van der Waals surface area contributed by atoms with Gasteiger partial charge in [0.05, 0.1) is 0 Å². The fraction of sp³-hybridized carbons (Fsp3) is 0.0244. The van der Waals surface area contributed by atoms with Crippen molar-refractivity contribution in [2.45, 2.75) is 6.42 Å². The van der Waals surface area contributed by atoms with Crippen molar-refractivity contribution < 1.29 is 0 Å². The van der Waals surface area contributed by atoms with Crippen LogP contribution in [0, 0.1) is 0 Å². The molecule has 1 aliphatic carbocycles. The lowest BCUT2D eigenvalue weighted by Crippen LogP contribution is -1.92. The molecule has 0 heteroatoms. The number of hydrogen-bond acceptors (Lipinski definition) is 0. The Morgan fingerprint density at radius 3 is 1.56 bits per heavy atom. The van der Waals surface area contributed by atoms with Gasteiger partial charge >= 0.3 is 0 Å². The Morgan fingerprint density at radius 1 is 0.317 bits per heavy atom. The van der Waals surface area contributed by atoms with Crippen LogP contribution in [0.5, 0.6) is 0 Å². The molecule has 0 saturated carbocycles. The van der Waals surface area contributed by atoms with Gasteiger partial charge in [0.15, 0.2) is 0 Å². The van der Waals surface area contributed by atoms with E-state index in [1.807, 2.05) is 0 Å². The predicted octanol–water partition coefficient (Wildman–Crippen LogP) is 11.2. The number of hydrogen-bond donors (Lipinski definition) is 0. The van der Waals surface area contributed by atoms with Gasteiger partial charge in [0.25, 0.3) is 0 Å². The second-order valence-corrected chi connectivity index (χ2v) is 11.3. The first-order valence-electron chi connectivity index (χ1n) is 14.4. The van der Waals surface area contributed by atoms with Crippen molar-refractivity contribution in [3.8, 4) is 33.4 Å². The molecule has 190 valence electrons. The molecule has 0 amide bonds. The molecule has 0 bridgehead atoms. The lowest BCUT2D eigenvalue weighted by molar-refractivity contribution is 1.27. The van der Waals surface area contributed by atoms with Crippen LogP contribution in [0.25, 0.3) is 76.5 Å². The monoisotopic (exact) mass is 518 g/mol. The molecule has 9 rings (SSSR count). The number of benzene rings is 8. The van der Waals surface area contributed by atoms with Gasteiger partial charge in [0, 0.05) is 0 Å². The minimum atomic E-state index is 0.997. The van der Waals surface area contributed by atoms with Gasteiger partial charge in [-0.25, -0.2) is 0 Å². The molecule has 8 aromatic carbocycles. The molecule has 0 spiro atoms. The van der Waals surface area contributed by atoms with Crippen LogP contribution >= 0.6 is 0 Å². The molecule has 0 nitrogen and oxygen atoms in total. The van der Waals surface area contributed by atoms with E-state index in [1.165, 1.54) is 87.6 Å². The molecule has 0 atom stereocenters. The maximum absolute atomic E-state index is 2.45. The van der Waals surface area contributed by atoms with Crippen molar-refractivity contribution in [3.05, 3.63) is 157 Å². The predicted molar refractivity (Wildman–Crippen MR) is 176 cm³/mol. The molecule has 0 radical (unpaired) electrons. The average molecular weight is 519 g/mol. The summed E-state index contributed by atoms with van der Waals surface area (Å²) in [5.74, 6) is 0. The van der Waals surface area contributed by atoms with Crippen molar-refractivity contribution in [2.75, 3.05) is 0 Å². The average Bonchev–Trinajstić information content (AvgIpc) is 3.39. The van der Waals surface area contributed by atoms with Gasteiger partial charge in [-0.2, -0.15) is 0 Å². The van der Waals surface area contributed by atoms with Gasteiger partial charge in [-0.15, -0.1) is 0 Å². The third kappa shape index (κ3) is 3.34. The van der Waals surface area contributed by atoms with Crippen molar-refractivity contribution in [3.63, 3.8) is 0 Å². The lowest BCUT2D eigenvalue weighted by Gasteiger charge is -2.19. The van der Waals surface area contributed by atoms with E-state index in [-0.39, 0.29) is 0 Å². The molecule has 0 saturated heterocycles. The fourth-order valence-corrected chi connectivity index (χ4v) is 7.20. The standard InChI is InChI=1S/C41H26/c1-2-12-28-24-39-31(22-27(28)11-1)23-29-20-21-30(25-38(29)39)40-34-15-5-7-17-36(34)41(37-18-8-6-16-35(37)40)33-19-9-13-26-10-3-4-14-32(26)33/h1-22,24-25H,23H2. The first-order chi connectivity index (χ1) is 20.3. The molecule has 8 aromatic rings. The molecule has 0 heterocycles. The summed E-state index contributed by atoms with van der Waals surface area (Å²) in [7, 11) is 0. The Morgan fingerprint density at radius 2 is 0.854 bits per heavy atom. The first-order valence-corrected chi connectivity index (χ1v) is 14.4. The summed E-state index contributed by atoms with van der Waals surface area (Å²) in [6.07, 6.45) is 0.997.